The molecule has 32 heavy (non-hydrogen) atoms. The standard InChI is InChI=1S/C25H24ClN3O3/c1-16-22-20(27-28-24(30)18-10-6-11-19(26)14-18)12-7-13-21(22)32-23(16)25(31)29(2)15-17-8-4-3-5-9-17/h3-6,8-11,14H,7,12-13,15H2,1-2H3,(H,28,30)/b27-20+. The molecule has 1 aromatic heterocycles. The fourth-order valence-electron chi connectivity index (χ4n) is 3.90. The molecule has 0 fully saturated rings. The van der Waals surface area contributed by atoms with Crippen LogP contribution in [0, 0.1) is 6.92 Å². The zero-order chi connectivity index (χ0) is 22.7. The van der Waals surface area contributed by atoms with E-state index < -0.39 is 0 Å². The number of halogens is 1. The van der Waals surface area contributed by atoms with E-state index in [4.69, 9.17) is 16.0 Å². The highest BCUT2D eigenvalue weighted by molar-refractivity contribution is 6.31. The Kier molecular flexibility index (Phi) is 6.42. The number of hydrogen-bond acceptors (Lipinski definition) is 4. The molecule has 0 saturated carbocycles. The van der Waals surface area contributed by atoms with Gasteiger partial charge in [0.2, 0.25) is 0 Å². The number of carbonyl (C=O) groups is 2. The van der Waals surface area contributed by atoms with Gasteiger partial charge in [0.05, 0.1) is 5.71 Å². The van der Waals surface area contributed by atoms with Gasteiger partial charge in [-0.3, -0.25) is 9.59 Å². The summed E-state index contributed by atoms with van der Waals surface area (Å²) in [6, 6.07) is 16.5. The largest absolute Gasteiger partial charge is 0.455 e. The molecule has 1 heterocycles. The van der Waals surface area contributed by atoms with Crippen LogP contribution in [0.15, 0.2) is 64.1 Å². The van der Waals surface area contributed by atoms with E-state index >= 15 is 0 Å². The van der Waals surface area contributed by atoms with Crippen molar-refractivity contribution in [3.63, 3.8) is 0 Å². The third-order valence-electron chi connectivity index (χ3n) is 5.51. The second-order valence-electron chi connectivity index (χ2n) is 7.86. The van der Waals surface area contributed by atoms with Gasteiger partial charge in [-0.25, -0.2) is 5.43 Å². The number of amides is 2. The molecule has 0 bridgehead atoms. The van der Waals surface area contributed by atoms with Crippen LogP contribution in [0.1, 0.15) is 56.2 Å². The van der Waals surface area contributed by atoms with Gasteiger partial charge in [-0.2, -0.15) is 5.10 Å². The quantitative estimate of drug-likeness (QED) is 0.558. The molecule has 3 aromatic rings. The van der Waals surface area contributed by atoms with E-state index in [9.17, 15) is 9.59 Å². The van der Waals surface area contributed by atoms with Crippen molar-refractivity contribution < 1.29 is 14.0 Å². The van der Waals surface area contributed by atoms with Crippen molar-refractivity contribution in [1.29, 1.82) is 0 Å². The molecular weight excluding hydrogens is 426 g/mol. The number of carbonyl (C=O) groups excluding carboxylic acids is 2. The molecule has 2 aromatic carbocycles. The van der Waals surface area contributed by atoms with Crippen molar-refractivity contribution in [3.05, 3.63) is 93.4 Å². The van der Waals surface area contributed by atoms with Crippen molar-refractivity contribution in [2.24, 2.45) is 5.10 Å². The second-order valence-corrected chi connectivity index (χ2v) is 8.30. The molecule has 0 atom stereocenters. The number of hydrogen-bond donors (Lipinski definition) is 1. The molecule has 0 saturated heterocycles. The summed E-state index contributed by atoms with van der Waals surface area (Å²) < 4.78 is 5.99. The Morgan fingerprint density at radius 3 is 2.66 bits per heavy atom. The van der Waals surface area contributed by atoms with Crippen LogP contribution in [-0.4, -0.2) is 29.5 Å². The minimum atomic E-state index is -0.341. The number of furan rings is 1. The lowest BCUT2D eigenvalue weighted by molar-refractivity contribution is 0.0750. The minimum Gasteiger partial charge on any atom is -0.455 e. The van der Waals surface area contributed by atoms with Crippen molar-refractivity contribution in [2.75, 3.05) is 7.05 Å². The van der Waals surface area contributed by atoms with E-state index in [2.05, 4.69) is 10.5 Å². The predicted molar refractivity (Wildman–Crippen MR) is 124 cm³/mol. The summed E-state index contributed by atoms with van der Waals surface area (Å²) in [5.41, 5.74) is 6.37. The van der Waals surface area contributed by atoms with Crippen LogP contribution in [0.5, 0.6) is 0 Å². The Morgan fingerprint density at radius 2 is 1.91 bits per heavy atom. The summed E-state index contributed by atoms with van der Waals surface area (Å²) in [6.45, 7) is 2.35. The fourth-order valence-corrected chi connectivity index (χ4v) is 4.09. The maximum absolute atomic E-state index is 13.1. The van der Waals surface area contributed by atoms with Gasteiger partial charge < -0.3 is 9.32 Å². The van der Waals surface area contributed by atoms with E-state index in [1.807, 2.05) is 37.3 Å². The van der Waals surface area contributed by atoms with Crippen LogP contribution in [0.4, 0.5) is 0 Å². The number of fused-ring (bicyclic) bond motifs is 1. The van der Waals surface area contributed by atoms with E-state index in [0.29, 0.717) is 35.0 Å². The molecule has 0 unspecified atom stereocenters. The van der Waals surface area contributed by atoms with Crippen molar-refractivity contribution in [1.82, 2.24) is 10.3 Å². The first kappa shape index (κ1) is 21.8. The summed E-state index contributed by atoms with van der Waals surface area (Å²) in [6.07, 6.45) is 2.25. The molecule has 0 radical (unpaired) electrons. The predicted octanol–water partition coefficient (Wildman–Crippen LogP) is 4.98. The normalized spacial score (nSPS) is 14.2. The Morgan fingerprint density at radius 1 is 1.12 bits per heavy atom. The zero-order valence-electron chi connectivity index (χ0n) is 18.0. The monoisotopic (exact) mass is 449 g/mol. The lowest BCUT2D eigenvalue weighted by atomic mass is 9.93. The minimum absolute atomic E-state index is 0.178. The molecule has 1 aliphatic rings. The number of nitrogens with one attached hydrogen (secondary N) is 1. The smallest absolute Gasteiger partial charge is 0.289 e. The van der Waals surface area contributed by atoms with E-state index in [1.54, 1.807) is 36.2 Å². The first-order valence-electron chi connectivity index (χ1n) is 10.5. The fraction of sp³-hybridized carbons (Fsp3) is 0.240. The van der Waals surface area contributed by atoms with Gasteiger partial charge in [0, 0.05) is 41.7 Å². The van der Waals surface area contributed by atoms with Gasteiger partial charge in [-0.05, 0) is 43.5 Å². The molecule has 164 valence electrons. The molecule has 4 rings (SSSR count). The van der Waals surface area contributed by atoms with Gasteiger partial charge >= 0.3 is 0 Å². The number of nitrogens with zero attached hydrogens (tertiary/aromatic N) is 2. The van der Waals surface area contributed by atoms with Crippen molar-refractivity contribution in [3.8, 4) is 0 Å². The average molecular weight is 450 g/mol. The Balaban J connectivity index is 1.55. The van der Waals surface area contributed by atoms with Gasteiger partial charge in [-0.15, -0.1) is 0 Å². The summed E-state index contributed by atoms with van der Waals surface area (Å²) in [7, 11) is 1.76. The molecule has 7 heteroatoms. The molecule has 1 aliphatic carbocycles. The maximum Gasteiger partial charge on any atom is 0.289 e. The van der Waals surface area contributed by atoms with E-state index in [1.165, 1.54) is 0 Å². The highest BCUT2D eigenvalue weighted by Crippen LogP contribution is 2.30. The third-order valence-corrected chi connectivity index (χ3v) is 5.74. The lowest BCUT2D eigenvalue weighted by Gasteiger charge is -2.16. The zero-order valence-corrected chi connectivity index (χ0v) is 18.8. The SMILES string of the molecule is Cc1c(C(=O)N(C)Cc2ccccc2)oc2c1/C(=N/NC(=O)c1cccc(Cl)c1)CCC2. The topological polar surface area (TPSA) is 74.9 Å². The van der Waals surface area contributed by atoms with Crippen molar-refractivity contribution >= 4 is 29.1 Å². The molecular formula is C25H24ClN3O3. The Labute approximate surface area is 191 Å². The summed E-state index contributed by atoms with van der Waals surface area (Å²) >= 11 is 5.97. The molecule has 0 aliphatic heterocycles. The molecule has 6 nitrogen and oxygen atoms in total. The highest BCUT2D eigenvalue weighted by Gasteiger charge is 2.29. The van der Waals surface area contributed by atoms with Gasteiger partial charge in [-0.1, -0.05) is 48.0 Å². The summed E-state index contributed by atoms with van der Waals surface area (Å²) in [5.74, 6) is 0.542. The molecule has 0 spiro atoms. The van der Waals surface area contributed by atoms with E-state index in [-0.39, 0.29) is 11.8 Å². The van der Waals surface area contributed by atoms with E-state index in [0.717, 1.165) is 35.3 Å². The van der Waals surface area contributed by atoms with Crippen LogP contribution < -0.4 is 5.43 Å². The van der Waals surface area contributed by atoms with Gasteiger partial charge in [0.1, 0.15) is 5.76 Å². The Bertz CT molecular complexity index is 1180. The summed E-state index contributed by atoms with van der Waals surface area (Å²) in [5, 5.41) is 4.85. The number of aryl methyl sites for hydroxylation is 1. The maximum atomic E-state index is 13.1. The number of rotatable bonds is 5. The average Bonchev–Trinajstić information content (AvgIpc) is 3.14. The number of benzene rings is 2. The molecule has 1 N–H and O–H groups in total. The van der Waals surface area contributed by atoms with Crippen LogP contribution in [0.25, 0.3) is 0 Å². The van der Waals surface area contributed by atoms with Crippen LogP contribution in [-0.2, 0) is 13.0 Å². The van der Waals surface area contributed by atoms with Crippen LogP contribution in [0.3, 0.4) is 0 Å². The van der Waals surface area contributed by atoms with Gasteiger partial charge in [0.15, 0.2) is 5.76 Å². The molecule has 2 amide bonds. The second kappa shape index (κ2) is 9.40. The first-order chi connectivity index (χ1) is 15.4. The lowest BCUT2D eigenvalue weighted by Crippen LogP contribution is -2.26. The van der Waals surface area contributed by atoms with Crippen LogP contribution >= 0.6 is 11.6 Å². The first-order valence-corrected chi connectivity index (χ1v) is 10.9. The van der Waals surface area contributed by atoms with Crippen LogP contribution in [0.2, 0.25) is 5.02 Å². The summed E-state index contributed by atoms with van der Waals surface area (Å²) in [4.78, 5) is 27.2. The van der Waals surface area contributed by atoms with Gasteiger partial charge in [0.25, 0.3) is 11.8 Å². The number of hydrazone groups is 1. The highest BCUT2D eigenvalue weighted by atomic mass is 35.5. The Hall–Kier alpha value is -3.38. The third kappa shape index (κ3) is 4.60. The van der Waals surface area contributed by atoms with Crippen molar-refractivity contribution in [2.45, 2.75) is 32.7 Å².